The van der Waals surface area contributed by atoms with Gasteiger partial charge in [-0.05, 0) is 24.3 Å². The molecule has 8 nitrogen and oxygen atoms in total. The number of hydrogen-bond acceptors (Lipinski definition) is 6. The summed E-state index contributed by atoms with van der Waals surface area (Å²) in [6.07, 6.45) is 1.70. The van der Waals surface area contributed by atoms with Crippen molar-refractivity contribution in [1.82, 2.24) is 15.2 Å². The molecule has 4 aromatic rings. The minimum atomic E-state index is -0.111. The zero-order valence-corrected chi connectivity index (χ0v) is 19.4. The molecule has 1 amide bonds. The Balaban J connectivity index is 1.61. The van der Waals surface area contributed by atoms with Crippen molar-refractivity contribution >= 4 is 45.7 Å². The third kappa shape index (κ3) is 3.42. The van der Waals surface area contributed by atoms with Crippen LogP contribution >= 0.6 is 23.2 Å². The Morgan fingerprint density at radius 3 is 2.52 bits per heavy atom. The lowest BCUT2D eigenvalue weighted by atomic mass is 10.1. The largest absolute Gasteiger partial charge is 0.495 e. The van der Waals surface area contributed by atoms with Crippen molar-refractivity contribution in [2.24, 2.45) is 0 Å². The molecule has 10 heteroatoms. The fourth-order valence-electron chi connectivity index (χ4n) is 3.80. The standard InChI is InChI=1S/C23H18Cl2N4O4/c1-29-15-6-11(4-5-16(15)33-10-19(29)30)23-12-9-26-14(7-13(12)27-28-23)20-21(24)17(31-2)8-18(32-3)22(20)25/h4-9H,10H2,1-3H3,(H,27,28). The first-order chi connectivity index (χ1) is 15.9. The third-order valence-electron chi connectivity index (χ3n) is 5.60. The molecule has 0 atom stereocenters. The van der Waals surface area contributed by atoms with Crippen LogP contribution in [0, 0.1) is 0 Å². The van der Waals surface area contributed by atoms with Gasteiger partial charge in [-0.25, -0.2) is 0 Å². The van der Waals surface area contributed by atoms with Gasteiger partial charge in [0.15, 0.2) is 6.61 Å². The van der Waals surface area contributed by atoms with Crippen molar-refractivity contribution < 1.29 is 19.0 Å². The van der Waals surface area contributed by atoms with E-state index >= 15 is 0 Å². The summed E-state index contributed by atoms with van der Waals surface area (Å²) < 4.78 is 16.2. The Kier molecular flexibility index (Phi) is 5.26. The van der Waals surface area contributed by atoms with Crippen molar-refractivity contribution in [3.8, 4) is 39.8 Å². The molecule has 3 heterocycles. The van der Waals surface area contributed by atoms with E-state index < -0.39 is 0 Å². The molecule has 1 aliphatic heterocycles. The van der Waals surface area contributed by atoms with Crippen molar-refractivity contribution in [2.45, 2.75) is 0 Å². The van der Waals surface area contributed by atoms with Gasteiger partial charge < -0.3 is 19.1 Å². The van der Waals surface area contributed by atoms with Gasteiger partial charge in [-0.2, -0.15) is 5.10 Å². The maximum absolute atomic E-state index is 12.0. The normalized spacial score (nSPS) is 13.1. The summed E-state index contributed by atoms with van der Waals surface area (Å²) in [5.74, 6) is 1.39. The van der Waals surface area contributed by atoms with Crippen molar-refractivity contribution in [3.05, 3.63) is 46.6 Å². The lowest BCUT2D eigenvalue weighted by molar-refractivity contribution is -0.120. The smallest absolute Gasteiger partial charge is 0.264 e. The van der Waals surface area contributed by atoms with E-state index in [0.717, 1.165) is 16.5 Å². The number of anilines is 1. The highest BCUT2D eigenvalue weighted by atomic mass is 35.5. The monoisotopic (exact) mass is 484 g/mol. The second kappa shape index (κ2) is 8.13. The number of nitrogens with one attached hydrogen (secondary N) is 1. The van der Waals surface area contributed by atoms with Gasteiger partial charge in [-0.15, -0.1) is 0 Å². The first-order valence-corrected chi connectivity index (χ1v) is 10.7. The third-order valence-corrected chi connectivity index (χ3v) is 6.35. The second-order valence-corrected chi connectivity index (χ2v) is 8.15. The van der Waals surface area contributed by atoms with Gasteiger partial charge in [0.1, 0.15) is 22.9 Å². The maximum Gasteiger partial charge on any atom is 0.264 e. The highest BCUT2D eigenvalue weighted by molar-refractivity contribution is 6.41. The average Bonchev–Trinajstić information content (AvgIpc) is 3.25. The number of methoxy groups -OCH3 is 2. The number of H-pyrrole nitrogens is 1. The van der Waals surface area contributed by atoms with Crippen LogP contribution in [0.25, 0.3) is 33.4 Å². The predicted octanol–water partition coefficient (Wildman–Crippen LogP) is 4.97. The molecule has 1 N–H and O–H groups in total. The lowest BCUT2D eigenvalue weighted by Gasteiger charge is -2.26. The molecule has 1 aliphatic rings. The number of likely N-dealkylation sites (N-methyl/N-ethyl adjacent to an activating group) is 1. The zero-order valence-electron chi connectivity index (χ0n) is 17.9. The van der Waals surface area contributed by atoms with Crippen molar-refractivity contribution in [3.63, 3.8) is 0 Å². The van der Waals surface area contributed by atoms with Gasteiger partial charge >= 0.3 is 0 Å². The van der Waals surface area contributed by atoms with Crippen LogP contribution in [0.1, 0.15) is 0 Å². The summed E-state index contributed by atoms with van der Waals surface area (Å²) in [5.41, 5.74) is 3.97. The van der Waals surface area contributed by atoms with E-state index in [-0.39, 0.29) is 12.5 Å². The minimum absolute atomic E-state index is 0.0288. The van der Waals surface area contributed by atoms with Gasteiger partial charge in [0.25, 0.3) is 5.91 Å². The van der Waals surface area contributed by atoms with Crippen LogP contribution in [0.5, 0.6) is 17.2 Å². The Morgan fingerprint density at radius 1 is 1.09 bits per heavy atom. The van der Waals surface area contributed by atoms with Crippen molar-refractivity contribution in [2.75, 3.05) is 32.8 Å². The molecule has 2 aromatic carbocycles. The average molecular weight is 485 g/mol. The molecule has 0 aliphatic carbocycles. The van der Waals surface area contributed by atoms with E-state index in [1.54, 1.807) is 24.2 Å². The topological polar surface area (TPSA) is 89.6 Å². The summed E-state index contributed by atoms with van der Waals surface area (Å²) in [6, 6.07) is 9.04. The maximum atomic E-state index is 12.0. The quantitative estimate of drug-likeness (QED) is 0.439. The summed E-state index contributed by atoms with van der Waals surface area (Å²) in [7, 11) is 4.76. The Hall–Kier alpha value is -3.49. The van der Waals surface area contributed by atoms with Crippen LogP contribution in [-0.2, 0) is 4.79 Å². The van der Waals surface area contributed by atoms with E-state index in [4.69, 9.17) is 37.4 Å². The number of pyridine rings is 1. The van der Waals surface area contributed by atoms with E-state index in [9.17, 15) is 4.79 Å². The number of nitrogens with zero attached hydrogens (tertiary/aromatic N) is 3. The molecule has 168 valence electrons. The number of aromatic amines is 1. The summed E-state index contributed by atoms with van der Waals surface area (Å²) in [5, 5.41) is 8.98. The number of halogens is 2. The van der Waals surface area contributed by atoms with Crippen LogP contribution in [-0.4, -0.2) is 49.0 Å². The van der Waals surface area contributed by atoms with Crippen LogP contribution in [0.3, 0.4) is 0 Å². The van der Waals surface area contributed by atoms with E-state index in [1.165, 1.54) is 14.2 Å². The number of carbonyl (C=O) groups excluding carboxylic acids is 1. The molecular formula is C23H18Cl2N4O4. The molecule has 0 bridgehead atoms. The second-order valence-electron chi connectivity index (χ2n) is 7.40. The van der Waals surface area contributed by atoms with Gasteiger partial charge in [0, 0.05) is 35.8 Å². The molecule has 0 radical (unpaired) electrons. The fraction of sp³-hybridized carbons (Fsp3) is 0.174. The number of carbonyl (C=O) groups is 1. The molecule has 2 aromatic heterocycles. The van der Waals surface area contributed by atoms with E-state index in [1.807, 2.05) is 24.3 Å². The van der Waals surface area contributed by atoms with Gasteiger partial charge in [0.05, 0.1) is 41.2 Å². The molecule has 0 spiro atoms. The number of fused-ring (bicyclic) bond motifs is 2. The Bertz CT molecular complexity index is 1390. The summed E-state index contributed by atoms with van der Waals surface area (Å²) >= 11 is 13.1. The molecule has 0 unspecified atom stereocenters. The molecular weight excluding hydrogens is 467 g/mol. The Labute approximate surface area is 199 Å². The number of aromatic nitrogens is 3. The minimum Gasteiger partial charge on any atom is -0.495 e. The summed E-state index contributed by atoms with van der Waals surface area (Å²) in [6.45, 7) is 0.0288. The first kappa shape index (κ1) is 21.4. The van der Waals surface area contributed by atoms with Gasteiger partial charge in [-0.1, -0.05) is 23.2 Å². The Morgan fingerprint density at radius 2 is 1.82 bits per heavy atom. The molecule has 5 rings (SSSR count). The van der Waals surface area contributed by atoms with Crippen LogP contribution < -0.4 is 19.1 Å². The number of amides is 1. The number of rotatable bonds is 4. The molecule has 33 heavy (non-hydrogen) atoms. The predicted molar refractivity (Wildman–Crippen MR) is 127 cm³/mol. The van der Waals surface area contributed by atoms with E-state index in [2.05, 4.69) is 15.2 Å². The number of hydrogen-bond donors (Lipinski definition) is 1. The lowest BCUT2D eigenvalue weighted by Crippen LogP contribution is -2.35. The van der Waals surface area contributed by atoms with Gasteiger partial charge in [-0.3, -0.25) is 14.9 Å². The highest BCUT2D eigenvalue weighted by Gasteiger charge is 2.24. The zero-order chi connectivity index (χ0) is 23.3. The molecule has 0 fully saturated rings. The van der Waals surface area contributed by atoms with Crippen LogP contribution in [0.15, 0.2) is 36.5 Å². The molecule has 0 saturated heterocycles. The van der Waals surface area contributed by atoms with Crippen LogP contribution in [0.2, 0.25) is 10.0 Å². The number of ether oxygens (including phenoxy) is 3. The van der Waals surface area contributed by atoms with Crippen LogP contribution in [0.4, 0.5) is 5.69 Å². The highest BCUT2D eigenvalue weighted by Crippen LogP contribution is 2.46. The van der Waals surface area contributed by atoms with Gasteiger partial charge in [0.2, 0.25) is 0 Å². The van der Waals surface area contributed by atoms with E-state index in [0.29, 0.717) is 49.9 Å². The first-order valence-electron chi connectivity index (χ1n) is 9.91. The molecule has 0 saturated carbocycles. The number of benzene rings is 2. The summed E-state index contributed by atoms with van der Waals surface area (Å²) in [4.78, 5) is 18.2. The van der Waals surface area contributed by atoms with Crippen molar-refractivity contribution in [1.29, 1.82) is 0 Å². The fourth-order valence-corrected chi connectivity index (χ4v) is 4.49. The SMILES string of the molecule is COc1cc(OC)c(Cl)c(-c2cc3[nH]nc(-c4ccc5c(c4)N(C)C(=O)CO5)c3cn2)c1Cl.